The number of carbonyl (C=O) groups is 1. The summed E-state index contributed by atoms with van der Waals surface area (Å²) >= 11 is 0. The molecule has 0 spiro atoms. The van der Waals surface area contributed by atoms with Crippen LogP contribution in [0.4, 0.5) is 4.79 Å². The van der Waals surface area contributed by atoms with E-state index in [2.05, 4.69) is 5.32 Å². The van der Waals surface area contributed by atoms with Gasteiger partial charge in [0.05, 0.1) is 12.8 Å². The van der Waals surface area contributed by atoms with E-state index in [4.69, 9.17) is 4.42 Å². The molecular formula is C8H12N2O2. The first-order valence-electron chi connectivity index (χ1n) is 3.69. The minimum atomic E-state index is -0.119. The summed E-state index contributed by atoms with van der Waals surface area (Å²) in [5, 5.41) is 2.52. The van der Waals surface area contributed by atoms with Gasteiger partial charge in [-0.25, -0.2) is 4.79 Å². The molecular weight excluding hydrogens is 156 g/mol. The van der Waals surface area contributed by atoms with Crippen molar-refractivity contribution in [2.75, 3.05) is 14.1 Å². The fourth-order valence-corrected chi connectivity index (χ4v) is 0.899. The number of carbonyl (C=O) groups excluding carboxylic acids is 1. The Morgan fingerprint density at radius 3 is 3.00 bits per heavy atom. The van der Waals surface area contributed by atoms with E-state index < -0.39 is 0 Å². The second kappa shape index (κ2) is 3.80. The normalized spacial score (nSPS) is 9.50. The van der Waals surface area contributed by atoms with Gasteiger partial charge in [-0.05, 0) is 12.1 Å². The van der Waals surface area contributed by atoms with Gasteiger partial charge in [0, 0.05) is 14.1 Å². The van der Waals surface area contributed by atoms with E-state index >= 15 is 0 Å². The molecule has 1 N–H and O–H groups in total. The van der Waals surface area contributed by atoms with Gasteiger partial charge in [-0.2, -0.15) is 0 Å². The van der Waals surface area contributed by atoms with Crippen molar-refractivity contribution in [1.29, 1.82) is 0 Å². The van der Waals surface area contributed by atoms with Gasteiger partial charge in [0.2, 0.25) is 0 Å². The van der Waals surface area contributed by atoms with Gasteiger partial charge in [-0.3, -0.25) is 0 Å². The average molecular weight is 168 g/mol. The topological polar surface area (TPSA) is 45.5 Å². The number of urea groups is 1. The zero-order valence-electron chi connectivity index (χ0n) is 7.20. The molecule has 1 aromatic rings. The number of nitrogens with one attached hydrogen (secondary N) is 1. The molecule has 2 amide bonds. The van der Waals surface area contributed by atoms with Crippen LogP contribution >= 0.6 is 0 Å². The third-order valence-corrected chi connectivity index (χ3v) is 1.53. The lowest BCUT2D eigenvalue weighted by Gasteiger charge is -2.14. The van der Waals surface area contributed by atoms with Crippen molar-refractivity contribution in [1.82, 2.24) is 10.2 Å². The Morgan fingerprint density at radius 1 is 1.75 bits per heavy atom. The molecule has 0 saturated heterocycles. The van der Waals surface area contributed by atoms with Gasteiger partial charge in [-0.15, -0.1) is 0 Å². The quantitative estimate of drug-likeness (QED) is 0.717. The van der Waals surface area contributed by atoms with E-state index in [1.54, 1.807) is 31.3 Å². The number of amides is 2. The summed E-state index contributed by atoms with van der Waals surface area (Å²) in [4.78, 5) is 12.6. The van der Waals surface area contributed by atoms with E-state index in [-0.39, 0.29) is 6.03 Å². The molecule has 4 heteroatoms. The lowest BCUT2D eigenvalue weighted by Crippen LogP contribution is -2.34. The van der Waals surface area contributed by atoms with Gasteiger partial charge in [0.25, 0.3) is 0 Å². The van der Waals surface area contributed by atoms with Crippen LogP contribution in [0.3, 0.4) is 0 Å². The summed E-state index contributed by atoms with van der Waals surface area (Å²) < 4.78 is 5.08. The molecule has 0 saturated carbocycles. The Balaban J connectivity index is 2.47. The molecule has 0 unspecified atom stereocenters. The highest BCUT2D eigenvalue weighted by molar-refractivity contribution is 5.73. The number of hydrogen-bond donors (Lipinski definition) is 1. The van der Waals surface area contributed by atoms with Crippen molar-refractivity contribution < 1.29 is 9.21 Å². The summed E-state index contributed by atoms with van der Waals surface area (Å²) in [6.45, 7) is 0.493. The average Bonchev–Trinajstić information content (AvgIpc) is 2.55. The van der Waals surface area contributed by atoms with Gasteiger partial charge in [0.1, 0.15) is 5.76 Å². The monoisotopic (exact) mass is 168 g/mol. The van der Waals surface area contributed by atoms with Crippen molar-refractivity contribution in [3.05, 3.63) is 24.2 Å². The van der Waals surface area contributed by atoms with Gasteiger partial charge in [-0.1, -0.05) is 0 Å². The van der Waals surface area contributed by atoms with Crippen LogP contribution in [0.15, 0.2) is 22.8 Å². The molecule has 0 radical (unpaired) electrons. The SMILES string of the molecule is CNC(=O)N(C)Cc1ccco1. The van der Waals surface area contributed by atoms with Crippen LogP contribution in [0.2, 0.25) is 0 Å². The fraction of sp³-hybridized carbons (Fsp3) is 0.375. The van der Waals surface area contributed by atoms with Gasteiger partial charge < -0.3 is 14.6 Å². The molecule has 0 aliphatic carbocycles. The summed E-state index contributed by atoms with van der Waals surface area (Å²) in [7, 11) is 3.31. The second-order valence-corrected chi connectivity index (χ2v) is 2.49. The Bertz CT molecular complexity index is 244. The van der Waals surface area contributed by atoms with Crippen molar-refractivity contribution in [3.8, 4) is 0 Å². The second-order valence-electron chi connectivity index (χ2n) is 2.49. The maximum Gasteiger partial charge on any atom is 0.317 e. The van der Waals surface area contributed by atoms with Crippen LogP contribution < -0.4 is 5.32 Å². The highest BCUT2D eigenvalue weighted by Gasteiger charge is 2.06. The lowest BCUT2D eigenvalue weighted by molar-refractivity contribution is 0.205. The molecule has 0 bridgehead atoms. The Morgan fingerprint density at radius 2 is 2.50 bits per heavy atom. The Labute approximate surface area is 71.2 Å². The van der Waals surface area contributed by atoms with Crippen LogP contribution in [-0.4, -0.2) is 25.0 Å². The van der Waals surface area contributed by atoms with Crippen molar-refractivity contribution in [3.63, 3.8) is 0 Å². The highest BCUT2D eigenvalue weighted by atomic mass is 16.3. The number of furan rings is 1. The Kier molecular flexibility index (Phi) is 2.74. The maximum absolute atomic E-state index is 11.0. The molecule has 0 atom stereocenters. The smallest absolute Gasteiger partial charge is 0.317 e. The van der Waals surface area contributed by atoms with E-state index in [1.807, 2.05) is 6.07 Å². The standard InChI is InChI=1S/C8H12N2O2/c1-9-8(11)10(2)6-7-4-3-5-12-7/h3-5H,6H2,1-2H3,(H,9,11). The molecule has 66 valence electrons. The zero-order chi connectivity index (χ0) is 8.97. The zero-order valence-corrected chi connectivity index (χ0v) is 7.20. The lowest BCUT2D eigenvalue weighted by atomic mass is 10.4. The summed E-state index contributed by atoms with van der Waals surface area (Å²) in [6.07, 6.45) is 1.59. The summed E-state index contributed by atoms with van der Waals surface area (Å²) in [6, 6.07) is 3.51. The summed E-state index contributed by atoms with van der Waals surface area (Å²) in [5.74, 6) is 0.779. The molecule has 12 heavy (non-hydrogen) atoms. The number of nitrogens with zero attached hydrogens (tertiary/aromatic N) is 1. The van der Waals surface area contributed by atoms with E-state index in [9.17, 15) is 4.79 Å². The molecule has 1 rings (SSSR count). The molecule has 1 heterocycles. The first-order valence-corrected chi connectivity index (χ1v) is 3.69. The van der Waals surface area contributed by atoms with Crippen LogP contribution in [0, 0.1) is 0 Å². The van der Waals surface area contributed by atoms with Crippen LogP contribution in [0.25, 0.3) is 0 Å². The molecule has 0 aliphatic rings. The predicted molar refractivity (Wildman–Crippen MR) is 44.6 cm³/mol. The molecule has 4 nitrogen and oxygen atoms in total. The minimum absolute atomic E-state index is 0.119. The van der Waals surface area contributed by atoms with Crippen LogP contribution in [0.1, 0.15) is 5.76 Å². The highest BCUT2D eigenvalue weighted by Crippen LogP contribution is 2.02. The van der Waals surface area contributed by atoms with E-state index in [0.717, 1.165) is 5.76 Å². The predicted octanol–water partition coefficient (Wildman–Crippen LogP) is 1.05. The first-order chi connectivity index (χ1) is 5.74. The molecule has 0 aromatic carbocycles. The third kappa shape index (κ3) is 2.02. The molecule has 0 aliphatic heterocycles. The van der Waals surface area contributed by atoms with Crippen molar-refractivity contribution in [2.45, 2.75) is 6.54 Å². The van der Waals surface area contributed by atoms with Crippen LogP contribution in [-0.2, 0) is 6.54 Å². The van der Waals surface area contributed by atoms with E-state index in [1.165, 1.54) is 0 Å². The van der Waals surface area contributed by atoms with Crippen molar-refractivity contribution >= 4 is 6.03 Å². The maximum atomic E-state index is 11.0. The van der Waals surface area contributed by atoms with Gasteiger partial charge in [0.15, 0.2) is 0 Å². The largest absolute Gasteiger partial charge is 0.467 e. The molecule has 1 aromatic heterocycles. The number of rotatable bonds is 2. The minimum Gasteiger partial charge on any atom is -0.467 e. The molecule has 0 fully saturated rings. The van der Waals surface area contributed by atoms with Crippen LogP contribution in [0.5, 0.6) is 0 Å². The van der Waals surface area contributed by atoms with Crippen molar-refractivity contribution in [2.24, 2.45) is 0 Å². The Hall–Kier alpha value is -1.45. The number of hydrogen-bond acceptors (Lipinski definition) is 2. The van der Waals surface area contributed by atoms with E-state index in [0.29, 0.717) is 6.54 Å². The summed E-state index contributed by atoms with van der Waals surface area (Å²) in [5.41, 5.74) is 0. The fourth-order valence-electron chi connectivity index (χ4n) is 0.899. The third-order valence-electron chi connectivity index (χ3n) is 1.53. The first kappa shape index (κ1) is 8.64. The van der Waals surface area contributed by atoms with Gasteiger partial charge >= 0.3 is 6.03 Å².